The maximum absolute atomic E-state index is 2.42. The van der Waals surface area contributed by atoms with E-state index in [2.05, 4.69) is 204 Å². The van der Waals surface area contributed by atoms with E-state index in [0.717, 1.165) is 34.1 Å². The molecule has 0 fully saturated rings. The summed E-state index contributed by atoms with van der Waals surface area (Å²) in [5.41, 5.74) is 9.07. The second-order valence-corrected chi connectivity index (χ2v) is 13.2. The number of hydrogen-bond acceptors (Lipinski definition) is 3. The molecule has 1 heterocycles. The van der Waals surface area contributed by atoms with Crippen molar-refractivity contribution in [3.05, 3.63) is 194 Å². The Morgan fingerprint density at radius 3 is 1.53 bits per heavy atom. The van der Waals surface area contributed by atoms with Crippen LogP contribution in [0.4, 0.5) is 34.1 Å². The van der Waals surface area contributed by atoms with E-state index >= 15 is 0 Å². The Labute approximate surface area is 290 Å². The fourth-order valence-corrected chi connectivity index (χ4v) is 8.23. The smallest absolute Gasteiger partial charge is 0.0575 e. The van der Waals surface area contributed by atoms with Crippen molar-refractivity contribution in [2.24, 2.45) is 0 Å². The summed E-state index contributed by atoms with van der Waals surface area (Å²) in [6, 6.07) is 69.8. The van der Waals surface area contributed by atoms with Gasteiger partial charge in [-0.1, -0.05) is 133 Å². The highest BCUT2D eigenvalue weighted by molar-refractivity contribution is 7.26. The lowest BCUT2D eigenvalue weighted by Crippen LogP contribution is -2.14. The number of para-hydroxylation sites is 4. The molecule has 9 rings (SSSR count). The largest absolute Gasteiger partial charge is 0.310 e. The summed E-state index contributed by atoms with van der Waals surface area (Å²) >= 11 is 1.87. The van der Waals surface area contributed by atoms with Gasteiger partial charge in [0.2, 0.25) is 0 Å². The third kappa shape index (κ3) is 5.22. The van der Waals surface area contributed by atoms with Gasteiger partial charge in [-0.25, -0.2) is 0 Å². The van der Waals surface area contributed by atoms with Gasteiger partial charge in [-0.3, -0.25) is 0 Å². The SMILES string of the molecule is c1ccc(-c2ccccc2N(c2ccccc2)c2cc(N(c3ccccc3)c3ccccc3)c3c(c2)sc2ccc4ccccc4c23)cc1. The summed E-state index contributed by atoms with van der Waals surface area (Å²) in [6.07, 6.45) is 0. The Kier molecular flexibility index (Phi) is 7.38. The third-order valence-electron chi connectivity index (χ3n) is 9.20. The van der Waals surface area contributed by atoms with E-state index in [1.54, 1.807) is 0 Å². The van der Waals surface area contributed by atoms with E-state index in [0.29, 0.717) is 0 Å². The monoisotopic (exact) mass is 644 g/mol. The highest BCUT2D eigenvalue weighted by atomic mass is 32.1. The molecule has 0 saturated heterocycles. The molecule has 9 aromatic rings. The van der Waals surface area contributed by atoms with Crippen LogP contribution in [0.25, 0.3) is 42.1 Å². The Bertz CT molecular complexity index is 2500. The molecule has 232 valence electrons. The van der Waals surface area contributed by atoms with Gasteiger partial charge in [-0.05, 0) is 77.0 Å². The minimum absolute atomic E-state index is 1.10. The first kappa shape index (κ1) is 29.0. The highest BCUT2D eigenvalue weighted by Crippen LogP contribution is 2.51. The van der Waals surface area contributed by atoms with Gasteiger partial charge in [0, 0.05) is 48.5 Å². The molecule has 0 radical (unpaired) electrons. The van der Waals surface area contributed by atoms with Crippen LogP contribution in [-0.2, 0) is 0 Å². The number of fused-ring (bicyclic) bond motifs is 5. The van der Waals surface area contributed by atoms with Gasteiger partial charge in [-0.2, -0.15) is 0 Å². The molecule has 8 aromatic carbocycles. The van der Waals surface area contributed by atoms with Crippen molar-refractivity contribution >= 4 is 76.4 Å². The quantitative estimate of drug-likeness (QED) is 0.170. The summed E-state index contributed by atoms with van der Waals surface area (Å²) in [5, 5.41) is 5.08. The molecule has 0 N–H and O–H groups in total. The molecule has 0 unspecified atom stereocenters. The summed E-state index contributed by atoms with van der Waals surface area (Å²) in [7, 11) is 0. The molecule has 0 aliphatic carbocycles. The Morgan fingerprint density at radius 1 is 0.347 bits per heavy atom. The van der Waals surface area contributed by atoms with E-state index in [-0.39, 0.29) is 0 Å². The zero-order valence-corrected chi connectivity index (χ0v) is 27.6. The fourth-order valence-electron chi connectivity index (χ4n) is 7.05. The number of nitrogens with zero attached hydrogens (tertiary/aromatic N) is 2. The van der Waals surface area contributed by atoms with E-state index in [1.807, 2.05) is 11.3 Å². The standard InChI is InChI=1S/C46H32N2S/c1-5-17-33(18-6-1)39-26-15-16-28-41(39)48(37-24-11-4-12-25-37)38-31-42(47(35-20-7-2-8-21-35)36-22-9-3-10-23-36)46-44(32-38)49-43-30-29-34-19-13-14-27-40(34)45(43)46/h1-32H. The number of hydrogen-bond donors (Lipinski definition) is 0. The van der Waals surface area contributed by atoms with E-state index in [9.17, 15) is 0 Å². The van der Waals surface area contributed by atoms with Gasteiger partial charge in [0.05, 0.1) is 11.4 Å². The van der Waals surface area contributed by atoms with Gasteiger partial charge < -0.3 is 9.80 Å². The number of benzene rings is 8. The van der Waals surface area contributed by atoms with E-state index in [4.69, 9.17) is 0 Å². The molecule has 0 amide bonds. The summed E-state index contributed by atoms with van der Waals surface area (Å²) in [4.78, 5) is 4.84. The lowest BCUT2D eigenvalue weighted by Gasteiger charge is -2.31. The van der Waals surface area contributed by atoms with Crippen LogP contribution < -0.4 is 9.80 Å². The summed E-state index contributed by atoms with van der Waals surface area (Å²) in [5.74, 6) is 0. The number of thiophene rings is 1. The molecule has 0 spiro atoms. The Hall–Kier alpha value is -6.16. The molecule has 2 nitrogen and oxygen atoms in total. The minimum atomic E-state index is 1.10. The predicted molar refractivity (Wildman–Crippen MR) is 212 cm³/mol. The first-order valence-corrected chi connectivity index (χ1v) is 17.4. The molecule has 0 atom stereocenters. The third-order valence-corrected chi connectivity index (χ3v) is 10.3. The molecule has 49 heavy (non-hydrogen) atoms. The van der Waals surface area contributed by atoms with Gasteiger partial charge in [0.15, 0.2) is 0 Å². The number of rotatable bonds is 7. The lowest BCUT2D eigenvalue weighted by molar-refractivity contribution is 1.26. The lowest BCUT2D eigenvalue weighted by atomic mass is 10.00. The van der Waals surface area contributed by atoms with Crippen LogP contribution >= 0.6 is 11.3 Å². The maximum atomic E-state index is 2.42. The van der Waals surface area contributed by atoms with Gasteiger partial charge in [-0.15, -0.1) is 11.3 Å². The zero-order valence-electron chi connectivity index (χ0n) is 26.8. The van der Waals surface area contributed by atoms with Crippen LogP contribution in [0, 0.1) is 0 Å². The van der Waals surface area contributed by atoms with Crippen molar-refractivity contribution < 1.29 is 0 Å². The second kappa shape index (κ2) is 12.5. The molecule has 0 bridgehead atoms. The number of anilines is 6. The molecular formula is C46H32N2S. The highest BCUT2D eigenvalue weighted by Gasteiger charge is 2.24. The summed E-state index contributed by atoms with van der Waals surface area (Å²) < 4.78 is 2.53. The predicted octanol–water partition coefficient (Wildman–Crippen LogP) is 13.8. The van der Waals surface area contributed by atoms with Crippen molar-refractivity contribution in [3.8, 4) is 11.1 Å². The van der Waals surface area contributed by atoms with Crippen molar-refractivity contribution in [3.63, 3.8) is 0 Å². The summed E-state index contributed by atoms with van der Waals surface area (Å²) in [6.45, 7) is 0. The molecule has 1 aromatic heterocycles. The Morgan fingerprint density at radius 2 is 0.878 bits per heavy atom. The van der Waals surface area contributed by atoms with Crippen LogP contribution in [0.1, 0.15) is 0 Å². The van der Waals surface area contributed by atoms with Crippen molar-refractivity contribution in [2.45, 2.75) is 0 Å². The van der Waals surface area contributed by atoms with Crippen molar-refractivity contribution in [1.82, 2.24) is 0 Å². The van der Waals surface area contributed by atoms with Crippen LogP contribution in [-0.4, -0.2) is 0 Å². The van der Waals surface area contributed by atoms with Gasteiger partial charge in [0.25, 0.3) is 0 Å². The van der Waals surface area contributed by atoms with Crippen LogP contribution in [0.15, 0.2) is 194 Å². The first-order valence-electron chi connectivity index (χ1n) is 16.6. The second-order valence-electron chi connectivity index (χ2n) is 12.2. The van der Waals surface area contributed by atoms with Gasteiger partial charge in [0.1, 0.15) is 0 Å². The average Bonchev–Trinajstić information content (AvgIpc) is 3.56. The Balaban J connectivity index is 1.41. The van der Waals surface area contributed by atoms with E-state index < -0.39 is 0 Å². The van der Waals surface area contributed by atoms with Crippen molar-refractivity contribution in [2.75, 3.05) is 9.80 Å². The molecular weight excluding hydrogens is 613 g/mol. The fraction of sp³-hybridized carbons (Fsp3) is 0. The van der Waals surface area contributed by atoms with Crippen molar-refractivity contribution in [1.29, 1.82) is 0 Å². The maximum Gasteiger partial charge on any atom is 0.0575 e. The molecule has 0 aliphatic heterocycles. The van der Waals surface area contributed by atoms with Crippen LogP contribution in [0.3, 0.4) is 0 Å². The van der Waals surface area contributed by atoms with Gasteiger partial charge >= 0.3 is 0 Å². The molecule has 3 heteroatoms. The average molecular weight is 645 g/mol. The first-order chi connectivity index (χ1) is 24.3. The van der Waals surface area contributed by atoms with Crippen LogP contribution in [0.5, 0.6) is 0 Å². The van der Waals surface area contributed by atoms with E-state index in [1.165, 1.54) is 42.1 Å². The molecule has 0 saturated carbocycles. The topological polar surface area (TPSA) is 6.48 Å². The normalized spacial score (nSPS) is 11.3. The zero-order chi connectivity index (χ0) is 32.6. The molecule has 0 aliphatic rings. The van der Waals surface area contributed by atoms with Crippen LogP contribution in [0.2, 0.25) is 0 Å². The minimum Gasteiger partial charge on any atom is -0.310 e.